The van der Waals surface area contributed by atoms with Crippen LogP contribution in [0.2, 0.25) is 0 Å². The first-order valence-corrected chi connectivity index (χ1v) is 12.0. The van der Waals surface area contributed by atoms with Crippen molar-refractivity contribution in [1.29, 1.82) is 0 Å². The molecule has 2 aliphatic rings. The number of nitrogens with one attached hydrogen (secondary N) is 1. The Kier molecular flexibility index (Phi) is 5.75. The van der Waals surface area contributed by atoms with E-state index < -0.39 is 17.6 Å². The Morgan fingerprint density at radius 1 is 1.25 bits per heavy atom. The molecule has 2 aliphatic heterocycles. The Labute approximate surface area is 209 Å². The number of amides is 3. The number of hydrogen-bond donors (Lipinski definition) is 1. The van der Waals surface area contributed by atoms with Gasteiger partial charge in [0.2, 0.25) is 5.91 Å². The molecule has 9 heteroatoms. The number of anilines is 1. The second-order valence-electron chi connectivity index (χ2n) is 10.0. The maximum Gasteiger partial charge on any atom is 0.302 e. The predicted molar refractivity (Wildman–Crippen MR) is 134 cm³/mol. The Morgan fingerprint density at radius 3 is 2.72 bits per heavy atom. The molecule has 0 aliphatic carbocycles. The summed E-state index contributed by atoms with van der Waals surface area (Å²) >= 11 is 0. The molecule has 3 atom stereocenters. The van der Waals surface area contributed by atoms with Crippen LogP contribution in [0.4, 0.5) is 5.69 Å². The first-order valence-electron chi connectivity index (χ1n) is 12.0. The van der Waals surface area contributed by atoms with Crippen LogP contribution in [0.3, 0.4) is 0 Å². The minimum absolute atomic E-state index is 0.104. The van der Waals surface area contributed by atoms with Gasteiger partial charge in [-0.3, -0.25) is 24.1 Å². The average molecular weight is 485 g/mol. The van der Waals surface area contributed by atoms with Crippen molar-refractivity contribution in [1.82, 2.24) is 19.4 Å². The van der Waals surface area contributed by atoms with E-state index in [1.807, 2.05) is 56.3 Å². The summed E-state index contributed by atoms with van der Waals surface area (Å²) in [4.78, 5) is 47.2. The number of aromatic nitrogens is 2. The van der Waals surface area contributed by atoms with Gasteiger partial charge in [-0.2, -0.15) is 5.10 Å². The molecule has 0 unspecified atom stereocenters. The standard InChI is InChI=1S/C27H28N6O3/c1-17(2)13-22(31(4)24(34)21-14-18-9-7-8-12-33(18)30-21)25(35)32-16-27(15-23(32)28-3)19-10-5-6-11-20(19)29-26(27)36/h5-12,14,17,22-23H,13,15-16H2,1-2,4H3,(H,29,36)/t22-,23-,27-/m0/s1. The van der Waals surface area contributed by atoms with Crippen molar-refractivity contribution >= 4 is 28.9 Å². The molecule has 0 radical (unpaired) electrons. The lowest BCUT2D eigenvalue weighted by molar-refractivity contribution is -0.136. The molecule has 1 saturated heterocycles. The monoisotopic (exact) mass is 484 g/mol. The Morgan fingerprint density at radius 2 is 2.00 bits per heavy atom. The molecule has 4 heterocycles. The van der Waals surface area contributed by atoms with Crippen molar-refractivity contribution in [3.63, 3.8) is 0 Å². The number of likely N-dealkylation sites (N-methyl/N-ethyl adjacent to an activating group) is 1. The van der Waals surface area contributed by atoms with E-state index >= 15 is 0 Å². The Bertz CT molecular complexity index is 1370. The fourth-order valence-corrected chi connectivity index (χ4v) is 5.38. The molecule has 36 heavy (non-hydrogen) atoms. The molecule has 0 bridgehead atoms. The van der Waals surface area contributed by atoms with Crippen LogP contribution < -0.4 is 5.32 Å². The number of nitrogens with zero attached hydrogens (tertiary/aromatic N) is 5. The molecule has 1 fully saturated rings. The van der Waals surface area contributed by atoms with E-state index in [0.29, 0.717) is 6.42 Å². The zero-order valence-electron chi connectivity index (χ0n) is 20.5. The second kappa shape index (κ2) is 8.79. The van der Waals surface area contributed by atoms with Crippen molar-refractivity contribution in [3.05, 3.63) is 77.4 Å². The van der Waals surface area contributed by atoms with Crippen LogP contribution in [0.25, 0.3) is 10.4 Å². The van der Waals surface area contributed by atoms with Gasteiger partial charge in [0.15, 0.2) is 5.69 Å². The van der Waals surface area contributed by atoms with E-state index in [-0.39, 0.29) is 42.3 Å². The molecule has 0 saturated carbocycles. The highest BCUT2D eigenvalue weighted by molar-refractivity contribution is 6.07. The van der Waals surface area contributed by atoms with Crippen LogP contribution in [0, 0.1) is 12.5 Å². The summed E-state index contributed by atoms with van der Waals surface area (Å²) in [6.07, 6.45) is 1.62. The van der Waals surface area contributed by atoms with Crippen LogP contribution in [0.5, 0.6) is 0 Å². The summed E-state index contributed by atoms with van der Waals surface area (Å²) in [5.74, 6) is -0.760. The van der Waals surface area contributed by atoms with Crippen molar-refractivity contribution < 1.29 is 14.4 Å². The van der Waals surface area contributed by atoms with Gasteiger partial charge >= 0.3 is 6.17 Å². The van der Waals surface area contributed by atoms with Gasteiger partial charge < -0.3 is 10.2 Å². The average Bonchev–Trinajstić information content (AvgIpc) is 3.55. The Hall–Kier alpha value is -4.19. The van der Waals surface area contributed by atoms with Crippen LogP contribution in [0.15, 0.2) is 54.7 Å². The van der Waals surface area contributed by atoms with Crippen LogP contribution in [-0.2, 0) is 15.0 Å². The summed E-state index contributed by atoms with van der Waals surface area (Å²) in [5.41, 5.74) is 1.59. The normalized spacial score (nSPS) is 21.5. The number of fused-ring (bicyclic) bond motifs is 3. The lowest BCUT2D eigenvalue weighted by atomic mass is 9.80. The molecule has 2 aromatic heterocycles. The van der Waals surface area contributed by atoms with Crippen molar-refractivity contribution in [2.24, 2.45) is 5.92 Å². The minimum atomic E-state index is -0.964. The van der Waals surface area contributed by atoms with E-state index in [2.05, 4.69) is 15.3 Å². The molecule has 1 aromatic carbocycles. The number of rotatable bonds is 5. The van der Waals surface area contributed by atoms with E-state index in [1.54, 1.807) is 23.8 Å². The summed E-state index contributed by atoms with van der Waals surface area (Å²) in [5, 5.41) is 7.29. The number of likely N-dealkylation sites (tertiary alicyclic amines) is 1. The number of carbonyl (C=O) groups is 3. The maximum absolute atomic E-state index is 14.0. The largest absolute Gasteiger partial charge is 0.328 e. The highest BCUT2D eigenvalue weighted by Gasteiger charge is 2.59. The summed E-state index contributed by atoms with van der Waals surface area (Å²) in [6.45, 7) is 11.9. The summed E-state index contributed by atoms with van der Waals surface area (Å²) in [7, 11) is 1.60. The van der Waals surface area contributed by atoms with Gasteiger partial charge in [-0.15, -0.1) is 0 Å². The number of hydrogen-bond acceptors (Lipinski definition) is 4. The molecule has 1 spiro atoms. The third-order valence-electron chi connectivity index (χ3n) is 7.25. The van der Waals surface area contributed by atoms with Crippen LogP contribution >= 0.6 is 0 Å². The first-order chi connectivity index (χ1) is 17.2. The highest BCUT2D eigenvalue weighted by Crippen LogP contribution is 2.47. The molecule has 9 nitrogen and oxygen atoms in total. The van der Waals surface area contributed by atoms with E-state index in [1.165, 1.54) is 9.80 Å². The first kappa shape index (κ1) is 23.5. The predicted octanol–water partition coefficient (Wildman–Crippen LogP) is 3.19. The summed E-state index contributed by atoms with van der Waals surface area (Å²) < 4.78 is 1.62. The quantitative estimate of drug-likeness (QED) is 0.563. The van der Waals surface area contributed by atoms with Crippen LogP contribution in [0.1, 0.15) is 42.7 Å². The minimum Gasteiger partial charge on any atom is -0.328 e. The van der Waals surface area contributed by atoms with E-state index in [9.17, 15) is 14.4 Å². The number of pyridine rings is 1. The fourth-order valence-electron chi connectivity index (χ4n) is 5.38. The SMILES string of the molecule is [C-]#[N+][C@@H]1C[C@@]2(CN1C(=O)[C@H](CC(C)C)N(C)C(=O)c1cc3ccccn3n1)C(=O)Nc1ccccc12. The van der Waals surface area contributed by atoms with Gasteiger partial charge in [0.25, 0.3) is 11.8 Å². The van der Waals surface area contributed by atoms with Gasteiger partial charge in [0, 0.05) is 25.5 Å². The maximum atomic E-state index is 14.0. The zero-order valence-corrected chi connectivity index (χ0v) is 20.5. The van der Waals surface area contributed by atoms with E-state index in [0.717, 1.165) is 16.8 Å². The van der Waals surface area contributed by atoms with Crippen molar-refractivity contribution in [2.45, 2.75) is 44.3 Å². The van der Waals surface area contributed by atoms with Gasteiger partial charge in [-0.1, -0.05) is 38.1 Å². The number of carbonyl (C=O) groups excluding carboxylic acids is 3. The molecule has 5 rings (SSSR count). The Balaban J connectivity index is 1.46. The highest BCUT2D eigenvalue weighted by atomic mass is 16.2. The van der Waals surface area contributed by atoms with Crippen molar-refractivity contribution in [3.8, 4) is 0 Å². The van der Waals surface area contributed by atoms with E-state index in [4.69, 9.17) is 6.57 Å². The number of para-hydroxylation sites is 1. The lowest BCUT2D eigenvalue weighted by Gasteiger charge is -2.31. The second-order valence-corrected chi connectivity index (χ2v) is 10.0. The molecule has 1 N–H and O–H groups in total. The molecular weight excluding hydrogens is 456 g/mol. The third-order valence-corrected chi connectivity index (χ3v) is 7.25. The molecular formula is C27H28N6O3. The van der Waals surface area contributed by atoms with Gasteiger partial charge in [-0.25, -0.2) is 11.1 Å². The lowest BCUT2D eigenvalue weighted by Crippen LogP contribution is -2.51. The zero-order chi connectivity index (χ0) is 25.6. The van der Waals surface area contributed by atoms with Crippen molar-refractivity contribution in [2.75, 3.05) is 18.9 Å². The topological polar surface area (TPSA) is 91.4 Å². The number of benzene rings is 1. The molecule has 3 amide bonds. The van der Waals surface area contributed by atoms with Gasteiger partial charge in [-0.05, 0) is 42.2 Å². The summed E-state index contributed by atoms with van der Waals surface area (Å²) in [6, 6.07) is 13.9. The molecule has 184 valence electrons. The van der Waals surface area contributed by atoms with Crippen LogP contribution in [-0.4, -0.2) is 62.9 Å². The fraction of sp³-hybridized carbons (Fsp3) is 0.370. The van der Waals surface area contributed by atoms with Gasteiger partial charge in [0.1, 0.15) is 11.5 Å². The molecule has 3 aromatic rings. The van der Waals surface area contributed by atoms with Gasteiger partial charge in [0.05, 0.1) is 11.9 Å². The smallest absolute Gasteiger partial charge is 0.302 e. The third kappa shape index (κ3) is 3.70.